The fraction of sp³-hybridized carbons (Fsp3) is 0.571. The van der Waals surface area contributed by atoms with Gasteiger partial charge in [-0.25, -0.2) is 9.78 Å². The van der Waals surface area contributed by atoms with Crippen molar-refractivity contribution >= 4 is 11.8 Å². The maximum absolute atomic E-state index is 11.5. The molecule has 0 bridgehead atoms. The van der Waals surface area contributed by atoms with Crippen LogP contribution in [-0.2, 0) is 4.74 Å². The van der Waals surface area contributed by atoms with Gasteiger partial charge in [-0.3, -0.25) is 0 Å². The molecule has 0 aromatic carbocycles. The number of anilines is 1. The van der Waals surface area contributed by atoms with Crippen LogP contribution in [0.15, 0.2) is 18.3 Å². The smallest absolute Gasteiger partial charge is 0.339 e. The minimum atomic E-state index is -0.348. The molecule has 0 amide bonds. The third-order valence-corrected chi connectivity index (χ3v) is 2.67. The Morgan fingerprint density at radius 2 is 2.21 bits per heavy atom. The summed E-state index contributed by atoms with van der Waals surface area (Å²) in [5.41, 5.74) is 6.18. The van der Waals surface area contributed by atoms with E-state index in [0.29, 0.717) is 24.6 Å². The number of carbonyl (C=O) groups excluding carboxylic acids is 1. The molecule has 1 heterocycles. The Hall–Kier alpha value is -1.62. The average Bonchev–Trinajstić information content (AvgIpc) is 2.38. The minimum absolute atomic E-state index is 0.195. The van der Waals surface area contributed by atoms with Crippen molar-refractivity contribution in [3.8, 4) is 0 Å². The second-order valence-electron chi connectivity index (χ2n) is 4.86. The molecular formula is C14H23N3O2. The van der Waals surface area contributed by atoms with Crippen molar-refractivity contribution in [2.75, 3.05) is 18.5 Å². The Balaban J connectivity index is 2.62. The number of rotatable bonds is 7. The third kappa shape index (κ3) is 5.26. The van der Waals surface area contributed by atoms with Crippen LogP contribution in [0, 0.1) is 5.92 Å². The zero-order chi connectivity index (χ0) is 14.3. The first-order chi connectivity index (χ1) is 9.06. The van der Waals surface area contributed by atoms with E-state index in [1.165, 1.54) is 6.20 Å². The Labute approximate surface area is 114 Å². The monoisotopic (exact) mass is 265 g/mol. The van der Waals surface area contributed by atoms with Gasteiger partial charge in [-0.05, 0) is 31.4 Å². The van der Waals surface area contributed by atoms with Crippen LogP contribution < -0.4 is 11.1 Å². The van der Waals surface area contributed by atoms with Gasteiger partial charge in [0.05, 0.1) is 12.2 Å². The van der Waals surface area contributed by atoms with Crippen molar-refractivity contribution in [1.82, 2.24) is 4.98 Å². The molecule has 0 saturated heterocycles. The molecule has 5 nitrogen and oxygen atoms in total. The number of pyridine rings is 1. The standard InChI is InChI=1S/C14H23N3O2/c1-4-19-14(18)11-5-6-13(16-9-11)17-12(8-15)7-10(2)3/h5-6,9-10,12H,4,7-8,15H2,1-3H3,(H,16,17). The summed E-state index contributed by atoms with van der Waals surface area (Å²) in [5.74, 6) is 0.947. The van der Waals surface area contributed by atoms with Gasteiger partial charge in [0, 0.05) is 18.8 Å². The van der Waals surface area contributed by atoms with Gasteiger partial charge in [0.1, 0.15) is 5.82 Å². The molecule has 0 aliphatic carbocycles. The summed E-state index contributed by atoms with van der Waals surface area (Å²) in [6.45, 7) is 7.00. The van der Waals surface area contributed by atoms with E-state index in [1.807, 2.05) is 0 Å². The van der Waals surface area contributed by atoms with Gasteiger partial charge >= 0.3 is 5.97 Å². The van der Waals surface area contributed by atoms with Gasteiger partial charge in [-0.1, -0.05) is 13.8 Å². The molecule has 106 valence electrons. The van der Waals surface area contributed by atoms with Gasteiger partial charge in [0.2, 0.25) is 0 Å². The number of esters is 1. The van der Waals surface area contributed by atoms with Gasteiger partial charge < -0.3 is 15.8 Å². The topological polar surface area (TPSA) is 77.2 Å². The summed E-state index contributed by atoms with van der Waals surface area (Å²) < 4.78 is 4.90. The first kappa shape index (κ1) is 15.4. The highest BCUT2D eigenvalue weighted by Gasteiger charge is 2.11. The van der Waals surface area contributed by atoms with Crippen LogP contribution in [0.5, 0.6) is 0 Å². The highest BCUT2D eigenvalue weighted by molar-refractivity contribution is 5.89. The molecule has 5 heteroatoms. The number of nitrogens with one attached hydrogen (secondary N) is 1. The SMILES string of the molecule is CCOC(=O)c1ccc(NC(CN)CC(C)C)nc1. The van der Waals surface area contributed by atoms with E-state index in [-0.39, 0.29) is 12.0 Å². The maximum Gasteiger partial charge on any atom is 0.339 e. The summed E-state index contributed by atoms with van der Waals surface area (Å²) in [6, 6.07) is 3.67. The number of nitrogens with zero attached hydrogens (tertiary/aromatic N) is 1. The molecule has 1 aromatic rings. The lowest BCUT2D eigenvalue weighted by Crippen LogP contribution is -2.30. The van der Waals surface area contributed by atoms with Gasteiger partial charge in [-0.15, -0.1) is 0 Å². The lowest BCUT2D eigenvalue weighted by Gasteiger charge is -2.19. The molecule has 0 fully saturated rings. The molecular weight excluding hydrogens is 242 g/mol. The number of hydrogen-bond acceptors (Lipinski definition) is 5. The summed E-state index contributed by atoms with van der Waals surface area (Å²) >= 11 is 0. The number of hydrogen-bond donors (Lipinski definition) is 2. The average molecular weight is 265 g/mol. The lowest BCUT2D eigenvalue weighted by atomic mass is 10.0. The number of nitrogens with two attached hydrogens (primary N) is 1. The molecule has 0 saturated carbocycles. The summed E-state index contributed by atoms with van der Waals surface area (Å²) in [4.78, 5) is 15.7. The van der Waals surface area contributed by atoms with Gasteiger partial charge in [-0.2, -0.15) is 0 Å². The second kappa shape index (κ2) is 7.74. The van der Waals surface area contributed by atoms with Crippen molar-refractivity contribution in [3.05, 3.63) is 23.9 Å². The van der Waals surface area contributed by atoms with Crippen LogP contribution in [0.3, 0.4) is 0 Å². The van der Waals surface area contributed by atoms with Crippen LogP contribution in [0.2, 0.25) is 0 Å². The normalized spacial score (nSPS) is 12.3. The lowest BCUT2D eigenvalue weighted by molar-refractivity contribution is 0.0526. The fourth-order valence-corrected chi connectivity index (χ4v) is 1.81. The van der Waals surface area contributed by atoms with Gasteiger partial charge in [0.25, 0.3) is 0 Å². The number of carbonyl (C=O) groups is 1. The fourth-order valence-electron chi connectivity index (χ4n) is 1.81. The van der Waals surface area contributed by atoms with Crippen LogP contribution in [0.1, 0.15) is 37.6 Å². The molecule has 1 unspecified atom stereocenters. The van der Waals surface area contributed by atoms with Crippen LogP contribution in [0.4, 0.5) is 5.82 Å². The summed E-state index contributed by atoms with van der Waals surface area (Å²) in [7, 11) is 0. The molecule has 0 spiro atoms. The van der Waals surface area contributed by atoms with Crippen molar-refractivity contribution in [2.45, 2.75) is 33.2 Å². The molecule has 3 N–H and O–H groups in total. The molecule has 0 aliphatic heterocycles. The largest absolute Gasteiger partial charge is 0.462 e. The van der Waals surface area contributed by atoms with E-state index >= 15 is 0 Å². The van der Waals surface area contributed by atoms with E-state index in [9.17, 15) is 4.79 Å². The van der Waals surface area contributed by atoms with E-state index < -0.39 is 0 Å². The third-order valence-electron chi connectivity index (χ3n) is 2.67. The van der Waals surface area contributed by atoms with Crippen LogP contribution in [-0.4, -0.2) is 30.1 Å². The Morgan fingerprint density at radius 1 is 1.47 bits per heavy atom. The summed E-state index contributed by atoms with van der Waals surface area (Å²) in [6.07, 6.45) is 2.50. The summed E-state index contributed by atoms with van der Waals surface area (Å²) in [5, 5.41) is 3.27. The van der Waals surface area contributed by atoms with Crippen molar-refractivity contribution < 1.29 is 9.53 Å². The first-order valence-electron chi connectivity index (χ1n) is 6.66. The predicted molar refractivity (Wildman–Crippen MR) is 76.1 cm³/mol. The molecule has 0 radical (unpaired) electrons. The first-order valence-corrected chi connectivity index (χ1v) is 6.66. The molecule has 19 heavy (non-hydrogen) atoms. The molecule has 0 aliphatic rings. The Kier molecular flexibility index (Phi) is 6.29. The highest BCUT2D eigenvalue weighted by Crippen LogP contribution is 2.11. The van der Waals surface area contributed by atoms with E-state index in [1.54, 1.807) is 19.1 Å². The van der Waals surface area contributed by atoms with E-state index in [4.69, 9.17) is 10.5 Å². The second-order valence-corrected chi connectivity index (χ2v) is 4.86. The Morgan fingerprint density at radius 3 is 2.68 bits per heavy atom. The highest BCUT2D eigenvalue weighted by atomic mass is 16.5. The van der Waals surface area contributed by atoms with Crippen LogP contribution >= 0.6 is 0 Å². The quantitative estimate of drug-likeness (QED) is 0.738. The van der Waals surface area contributed by atoms with Crippen LogP contribution in [0.25, 0.3) is 0 Å². The molecule has 1 atom stereocenters. The van der Waals surface area contributed by atoms with Crippen molar-refractivity contribution in [1.29, 1.82) is 0 Å². The zero-order valence-electron chi connectivity index (χ0n) is 11.8. The van der Waals surface area contributed by atoms with Crippen molar-refractivity contribution in [2.24, 2.45) is 11.7 Å². The zero-order valence-corrected chi connectivity index (χ0v) is 11.8. The van der Waals surface area contributed by atoms with E-state index in [2.05, 4.69) is 24.1 Å². The molecule has 1 rings (SSSR count). The van der Waals surface area contributed by atoms with Gasteiger partial charge in [0.15, 0.2) is 0 Å². The number of ether oxygens (including phenoxy) is 1. The Bertz CT molecular complexity index is 390. The van der Waals surface area contributed by atoms with Crippen molar-refractivity contribution in [3.63, 3.8) is 0 Å². The maximum atomic E-state index is 11.5. The molecule has 1 aromatic heterocycles. The predicted octanol–water partition coefficient (Wildman–Crippen LogP) is 2.04. The minimum Gasteiger partial charge on any atom is -0.462 e. The number of aromatic nitrogens is 1. The van der Waals surface area contributed by atoms with E-state index in [0.717, 1.165) is 12.2 Å².